The standard InChI is InChI=1S/C15H14BrN3S2/c1-9-7-10-14(17-2)18-13(19-15(10)21-9)8-20-12-6-4-3-5-11(12)16/h3-7H,8H2,1-2H3,(H,17,18,19). The summed E-state index contributed by atoms with van der Waals surface area (Å²) in [7, 11) is 1.90. The van der Waals surface area contributed by atoms with Crippen molar-refractivity contribution in [1.82, 2.24) is 9.97 Å². The minimum absolute atomic E-state index is 0.754. The van der Waals surface area contributed by atoms with Crippen molar-refractivity contribution in [3.63, 3.8) is 0 Å². The average Bonchev–Trinajstić information content (AvgIpc) is 2.85. The third-order valence-corrected chi connectivity index (χ3v) is 5.96. The Balaban J connectivity index is 1.89. The Morgan fingerprint density at radius 2 is 2.10 bits per heavy atom. The van der Waals surface area contributed by atoms with E-state index < -0.39 is 0 Å². The van der Waals surface area contributed by atoms with Gasteiger partial charge in [0.1, 0.15) is 16.5 Å². The fourth-order valence-corrected chi connectivity index (χ4v) is 4.37. The van der Waals surface area contributed by atoms with Crippen LogP contribution in [0.4, 0.5) is 5.82 Å². The summed E-state index contributed by atoms with van der Waals surface area (Å²) in [6, 6.07) is 10.3. The van der Waals surface area contributed by atoms with Crippen LogP contribution in [0, 0.1) is 6.92 Å². The van der Waals surface area contributed by atoms with Crippen LogP contribution in [0.15, 0.2) is 39.7 Å². The Hall–Kier alpha value is -1.11. The molecule has 3 aromatic rings. The normalized spacial score (nSPS) is 11.0. The summed E-state index contributed by atoms with van der Waals surface area (Å²) < 4.78 is 1.11. The summed E-state index contributed by atoms with van der Waals surface area (Å²) >= 11 is 7.02. The number of thioether (sulfide) groups is 1. The number of benzene rings is 1. The number of halogens is 1. The highest BCUT2D eigenvalue weighted by Gasteiger charge is 2.10. The first-order chi connectivity index (χ1) is 10.2. The van der Waals surface area contributed by atoms with E-state index in [1.165, 1.54) is 9.77 Å². The lowest BCUT2D eigenvalue weighted by Gasteiger charge is -2.06. The van der Waals surface area contributed by atoms with E-state index in [2.05, 4.69) is 50.3 Å². The first-order valence-electron chi connectivity index (χ1n) is 6.49. The molecule has 0 amide bonds. The van der Waals surface area contributed by atoms with Gasteiger partial charge in [0.15, 0.2) is 0 Å². The van der Waals surface area contributed by atoms with Gasteiger partial charge in [0.2, 0.25) is 0 Å². The molecule has 0 fully saturated rings. The number of aromatic nitrogens is 2. The number of nitrogens with one attached hydrogen (secondary N) is 1. The smallest absolute Gasteiger partial charge is 0.142 e. The van der Waals surface area contributed by atoms with E-state index in [-0.39, 0.29) is 0 Å². The van der Waals surface area contributed by atoms with Crippen molar-refractivity contribution in [3.8, 4) is 0 Å². The minimum atomic E-state index is 0.754. The van der Waals surface area contributed by atoms with Crippen molar-refractivity contribution in [2.24, 2.45) is 0 Å². The Labute approximate surface area is 140 Å². The molecule has 21 heavy (non-hydrogen) atoms. The predicted molar refractivity (Wildman–Crippen MR) is 95.4 cm³/mol. The molecule has 0 saturated carbocycles. The van der Waals surface area contributed by atoms with Crippen molar-refractivity contribution in [3.05, 3.63) is 45.5 Å². The third kappa shape index (κ3) is 3.22. The molecule has 0 unspecified atom stereocenters. The lowest BCUT2D eigenvalue weighted by molar-refractivity contribution is 1.07. The van der Waals surface area contributed by atoms with Gasteiger partial charge in [-0.1, -0.05) is 12.1 Å². The summed E-state index contributed by atoms with van der Waals surface area (Å²) in [5.41, 5.74) is 0. The number of rotatable bonds is 4. The monoisotopic (exact) mass is 379 g/mol. The topological polar surface area (TPSA) is 37.8 Å². The summed E-state index contributed by atoms with van der Waals surface area (Å²) in [5.74, 6) is 2.52. The maximum absolute atomic E-state index is 4.68. The van der Waals surface area contributed by atoms with Crippen molar-refractivity contribution >= 4 is 55.1 Å². The minimum Gasteiger partial charge on any atom is -0.372 e. The van der Waals surface area contributed by atoms with Crippen LogP contribution in [0.1, 0.15) is 10.7 Å². The van der Waals surface area contributed by atoms with Gasteiger partial charge in [-0.25, -0.2) is 9.97 Å². The van der Waals surface area contributed by atoms with E-state index in [9.17, 15) is 0 Å². The number of aryl methyl sites for hydroxylation is 1. The van der Waals surface area contributed by atoms with E-state index in [0.29, 0.717) is 0 Å². The molecule has 1 aromatic carbocycles. The second-order valence-electron chi connectivity index (χ2n) is 4.53. The zero-order valence-electron chi connectivity index (χ0n) is 11.7. The van der Waals surface area contributed by atoms with E-state index in [0.717, 1.165) is 32.1 Å². The molecule has 0 atom stereocenters. The maximum atomic E-state index is 4.68. The summed E-state index contributed by atoms with van der Waals surface area (Å²) in [4.78, 5) is 12.8. The molecule has 0 aliphatic carbocycles. The lowest BCUT2D eigenvalue weighted by atomic mass is 10.3. The number of thiophene rings is 1. The number of hydrogen-bond acceptors (Lipinski definition) is 5. The number of fused-ring (bicyclic) bond motifs is 1. The molecule has 3 nitrogen and oxygen atoms in total. The fourth-order valence-electron chi connectivity index (χ4n) is 2.05. The molecule has 0 aliphatic heterocycles. The van der Waals surface area contributed by atoms with Crippen LogP contribution >= 0.6 is 39.0 Å². The van der Waals surface area contributed by atoms with Gasteiger partial charge < -0.3 is 5.32 Å². The highest BCUT2D eigenvalue weighted by atomic mass is 79.9. The molecule has 3 rings (SSSR count). The van der Waals surface area contributed by atoms with Crippen molar-refractivity contribution in [1.29, 1.82) is 0 Å². The third-order valence-electron chi connectivity index (χ3n) is 2.99. The Kier molecular flexibility index (Phi) is 4.47. The molecular formula is C15H14BrN3S2. The summed E-state index contributed by atoms with van der Waals surface area (Å²) in [6.07, 6.45) is 0. The summed E-state index contributed by atoms with van der Waals surface area (Å²) in [5, 5.41) is 4.28. The molecule has 2 aromatic heterocycles. The van der Waals surface area contributed by atoms with E-state index in [1.54, 1.807) is 23.1 Å². The van der Waals surface area contributed by atoms with Crippen molar-refractivity contribution in [2.75, 3.05) is 12.4 Å². The molecule has 6 heteroatoms. The van der Waals surface area contributed by atoms with Crippen LogP contribution in [-0.2, 0) is 5.75 Å². The van der Waals surface area contributed by atoms with E-state index in [4.69, 9.17) is 0 Å². The fraction of sp³-hybridized carbons (Fsp3) is 0.200. The lowest BCUT2D eigenvalue weighted by Crippen LogP contribution is -1.99. The van der Waals surface area contributed by atoms with Gasteiger partial charge in [0, 0.05) is 21.3 Å². The van der Waals surface area contributed by atoms with Gasteiger partial charge in [0.25, 0.3) is 0 Å². The van der Waals surface area contributed by atoms with Gasteiger partial charge in [0.05, 0.1) is 11.1 Å². The largest absolute Gasteiger partial charge is 0.372 e. The van der Waals surface area contributed by atoms with Gasteiger partial charge in [-0.3, -0.25) is 0 Å². The summed E-state index contributed by atoms with van der Waals surface area (Å²) in [6.45, 7) is 2.10. The van der Waals surface area contributed by atoms with Gasteiger partial charge >= 0.3 is 0 Å². The highest BCUT2D eigenvalue weighted by Crippen LogP contribution is 2.32. The zero-order valence-corrected chi connectivity index (χ0v) is 14.9. The Morgan fingerprint density at radius 1 is 1.29 bits per heavy atom. The second kappa shape index (κ2) is 6.34. The molecule has 0 spiro atoms. The van der Waals surface area contributed by atoms with Crippen molar-refractivity contribution < 1.29 is 0 Å². The Bertz CT molecular complexity index is 786. The molecule has 0 bridgehead atoms. The molecule has 1 N–H and O–H groups in total. The van der Waals surface area contributed by atoms with Gasteiger partial charge in [-0.2, -0.15) is 0 Å². The highest BCUT2D eigenvalue weighted by molar-refractivity contribution is 9.10. The Morgan fingerprint density at radius 3 is 2.86 bits per heavy atom. The van der Waals surface area contributed by atoms with Crippen molar-refractivity contribution in [2.45, 2.75) is 17.6 Å². The first-order valence-corrected chi connectivity index (χ1v) is 9.09. The van der Waals surface area contributed by atoms with E-state index in [1.807, 2.05) is 25.2 Å². The molecule has 108 valence electrons. The van der Waals surface area contributed by atoms with Crippen LogP contribution in [-0.4, -0.2) is 17.0 Å². The number of nitrogens with zero attached hydrogens (tertiary/aromatic N) is 2. The molecule has 0 saturated heterocycles. The van der Waals surface area contributed by atoms with Crippen LogP contribution in [0.25, 0.3) is 10.2 Å². The number of anilines is 1. The SMILES string of the molecule is CNc1nc(CSc2ccccc2Br)nc2sc(C)cc12. The molecule has 0 radical (unpaired) electrons. The van der Waals surface area contributed by atoms with Crippen LogP contribution in [0.2, 0.25) is 0 Å². The number of hydrogen-bond donors (Lipinski definition) is 1. The predicted octanol–water partition coefficient (Wildman–Crippen LogP) is 5.10. The molecular weight excluding hydrogens is 366 g/mol. The zero-order chi connectivity index (χ0) is 14.8. The maximum Gasteiger partial charge on any atom is 0.142 e. The van der Waals surface area contributed by atoms with Crippen LogP contribution in [0.5, 0.6) is 0 Å². The quantitative estimate of drug-likeness (QED) is 0.640. The molecule has 2 heterocycles. The first kappa shape index (κ1) is 14.8. The van der Waals surface area contributed by atoms with E-state index >= 15 is 0 Å². The van der Waals surface area contributed by atoms with Gasteiger partial charge in [-0.05, 0) is 41.1 Å². The second-order valence-corrected chi connectivity index (χ2v) is 7.64. The van der Waals surface area contributed by atoms with Crippen LogP contribution in [0.3, 0.4) is 0 Å². The molecule has 0 aliphatic rings. The van der Waals surface area contributed by atoms with Crippen LogP contribution < -0.4 is 5.32 Å². The average molecular weight is 380 g/mol. The van der Waals surface area contributed by atoms with Gasteiger partial charge in [-0.15, -0.1) is 23.1 Å².